The Labute approximate surface area is 216 Å². The van der Waals surface area contributed by atoms with Crippen molar-refractivity contribution in [2.75, 3.05) is 10.6 Å². The summed E-state index contributed by atoms with van der Waals surface area (Å²) in [6.45, 7) is 1.67. The predicted molar refractivity (Wildman–Crippen MR) is 142 cm³/mol. The lowest BCUT2D eigenvalue weighted by Crippen LogP contribution is -2.55. The SMILES string of the molecule is CC(Oc1ccccc1Cl)C(=O)Nc1ccc(NC(=S)NC(=O)C23CC4CC(CC(C4)C2)C3)cc1. The van der Waals surface area contributed by atoms with Gasteiger partial charge in [0.2, 0.25) is 5.91 Å². The number of amides is 2. The molecule has 1 unspecified atom stereocenters. The number of para-hydroxylation sites is 1. The Bertz CT molecular complexity index is 1100. The number of hydrogen-bond donors (Lipinski definition) is 3. The van der Waals surface area contributed by atoms with Crippen molar-refractivity contribution in [2.45, 2.75) is 51.6 Å². The molecule has 1 atom stereocenters. The molecule has 6 rings (SSSR count). The van der Waals surface area contributed by atoms with Gasteiger partial charge in [0, 0.05) is 11.4 Å². The number of benzene rings is 2. The van der Waals surface area contributed by atoms with Crippen molar-refractivity contribution in [2.24, 2.45) is 23.2 Å². The first-order valence-corrected chi connectivity index (χ1v) is 13.0. The van der Waals surface area contributed by atoms with E-state index in [1.54, 1.807) is 55.5 Å². The largest absolute Gasteiger partial charge is 0.479 e. The molecule has 8 heteroatoms. The van der Waals surface area contributed by atoms with Gasteiger partial charge in [-0.15, -0.1) is 0 Å². The van der Waals surface area contributed by atoms with Gasteiger partial charge in [0.1, 0.15) is 5.75 Å². The van der Waals surface area contributed by atoms with E-state index in [1.165, 1.54) is 19.3 Å². The van der Waals surface area contributed by atoms with Gasteiger partial charge in [0.15, 0.2) is 11.2 Å². The monoisotopic (exact) mass is 511 g/mol. The number of hydrogen-bond acceptors (Lipinski definition) is 4. The zero-order chi connectivity index (χ0) is 24.6. The van der Waals surface area contributed by atoms with Crippen LogP contribution in [0.5, 0.6) is 5.75 Å². The first-order chi connectivity index (χ1) is 16.8. The van der Waals surface area contributed by atoms with E-state index in [9.17, 15) is 9.59 Å². The molecule has 4 aliphatic rings. The van der Waals surface area contributed by atoms with Crippen molar-refractivity contribution >= 4 is 52.1 Å². The van der Waals surface area contributed by atoms with Gasteiger partial charge in [-0.1, -0.05) is 23.7 Å². The van der Waals surface area contributed by atoms with E-state index in [1.807, 2.05) is 0 Å². The predicted octanol–water partition coefficient (Wildman–Crippen LogP) is 5.78. The molecule has 4 saturated carbocycles. The molecule has 6 nitrogen and oxygen atoms in total. The molecule has 35 heavy (non-hydrogen) atoms. The molecule has 184 valence electrons. The molecule has 3 N–H and O–H groups in total. The molecule has 0 saturated heterocycles. The fourth-order valence-corrected chi connectivity index (χ4v) is 6.84. The molecule has 0 spiro atoms. The summed E-state index contributed by atoms with van der Waals surface area (Å²) < 4.78 is 5.67. The molecular weight excluding hydrogens is 482 g/mol. The second-order valence-corrected chi connectivity index (χ2v) is 11.2. The average Bonchev–Trinajstić information content (AvgIpc) is 2.81. The van der Waals surface area contributed by atoms with Crippen molar-refractivity contribution in [1.29, 1.82) is 0 Å². The summed E-state index contributed by atoms with van der Waals surface area (Å²) in [6, 6.07) is 14.2. The van der Waals surface area contributed by atoms with Gasteiger partial charge in [-0.25, -0.2) is 0 Å². The Hall–Kier alpha value is -2.64. The molecule has 0 heterocycles. The Morgan fingerprint density at radius 3 is 2.06 bits per heavy atom. The first kappa shape index (κ1) is 24.1. The Morgan fingerprint density at radius 2 is 1.49 bits per heavy atom. The number of carbonyl (C=O) groups excluding carboxylic acids is 2. The number of carbonyl (C=O) groups is 2. The van der Waals surface area contributed by atoms with Crippen LogP contribution >= 0.6 is 23.8 Å². The summed E-state index contributed by atoms with van der Waals surface area (Å²) in [4.78, 5) is 25.7. The highest BCUT2D eigenvalue weighted by molar-refractivity contribution is 7.80. The molecule has 2 amide bonds. The maximum Gasteiger partial charge on any atom is 0.265 e. The summed E-state index contributed by atoms with van der Waals surface area (Å²) in [6.07, 6.45) is 6.16. The van der Waals surface area contributed by atoms with Crippen molar-refractivity contribution in [1.82, 2.24) is 5.32 Å². The maximum absolute atomic E-state index is 13.2. The molecule has 4 bridgehead atoms. The van der Waals surface area contributed by atoms with Crippen LogP contribution in [0.25, 0.3) is 0 Å². The van der Waals surface area contributed by atoms with E-state index in [-0.39, 0.29) is 17.2 Å². The number of rotatable bonds is 6. The molecule has 0 aliphatic heterocycles. The van der Waals surface area contributed by atoms with Gasteiger partial charge >= 0.3 is 0 Å². The lowest BCUT2D eigenvalue weighted by molar-refractivity contribution is -0.144. The van der Waals surface area contributed by atoms with Gasteiger partial charge in [-0.2, -0.15) is 0 Å². The van der Waals surface area contributed by atoms with E-state index in [4.69, 9.17) is 28.6 Å². The topological polar surface area (TPSA) is 79.5 Å². The van der Waals surface area contributed by atoms with E-state index < -0.39 is 6.10 Å². The minimum Gasteiger partial charge on any atom is -0.479 e. The number of anilines is 2. The molecule has 4 aliphatic carbocycles. The minimum atomic E-state index is -0.722. The van der Waals surface area contributed by atoms with Crippen molar-refractivity contribution in [3.05, 3.63) is 53.6 Å². The van der Waals surface area contributed by atoms with E-state index in [2.05, 4.69) is 16.0 Å². The quantitative estimate of drug-likeness (QED) is 0.429. The molecule has 2 aromatic carbocycles. The van der Waals surface area contributed by atoms with E-state index in [0.717, 1.165) is 24.9 Å². The Balaban J connectivity index is 1.12. The molecule has 4 fully saturated rings. The van der Waals surface area contributed by atoms with Crippen LogP contribution in [-0.2, 0) is 9.59 Å². The minimum absolute atomic E-state index is 0.0745. The standard InChI is InChI=1S/C27H30ClN3O3S/c1-16(34-23-5-3-2-4-22(23)28)24(32)29-20-6-8-21(9-7-20)30-26(35)31-25(33)27-13-17-10-18(14-27)12-19(11-17)15-27/h2-9,16-19H,10-15H2,1H3,(H,29,32)(H2,30,31,33,35). The average molecular weight is 512 g/mol. The van der Waals surface area contributed by atoms with Crippen LogP contribution in [0, 0.1) is 23.2 Å². The highest BCUT2D eigenvalue weighted by atomic mass is 35.5. The highest BCUT2D eigenvalue weighted by Gasteiger charge is 2.54. The van der Waals surface area contributed by atoms with Crippen LogP contribution in [0.4, 0.5) is 11.4 Å². The van der Waals surface area contributed by atoms with E-state index in [0.29, 0.717) is 39.3 Å². The van der Waals surface area contributed by atoms with Gasteiger partial charge in [0.05, 0.1) is 10.4 Å². The highest BCUT2D eigenvalue weighted by Crippen LogP contribution is 2.60. The van der Waals surface area contributed by atoms with Crippen molar-refractivity contribution in [3.8, 4) is 5.75 Å². The van der Waals surface area contributed by atoms with Gasteiger partial charge < -0.3 is 20.7 Å². The number of ether oxygens (including phenoxy) is 1. The number of thiocarbonyl (C=S) groups is 1. The van der Waals surface area contributed by atoms with Crippen LogP contribution in [0.15, 0.2) is 48.5 Å². The zero-order valence-electron chi connectivity index (χ0n) is 19.7. The summed E-state index contributed by atoms with van der Waals surface area (Å²) in [7, 11) is 0. The van der Waals surface area contributed by atoms with Crippen molar-refractivity contribution < 1.29 is 14.3 Å². The molecule has 0 radical (unpaired) electrons. The third kappa shape index (κ3) is 5.31. The van der Waals surface area contributed by atoms with Crippen molar-refractivity contribution in [3.63, 3.8) is 0 Å². The lowest BCUT2D eigenvalue weighted by atomic mass is 9.49. The first-order valence-electron chi connectivity index (χ1n) is 12.2. The third-order valence-electron chi connectivity index (χ3n) is 7.67. The lowest BCUT2D eigenvalue weighted by Gasteiger charge is -2.55. The van der Waals surface area contributed by atoms with Crippen LogP contribution in [0.2, 0.25) is 5.02 Å². The second-order valence-electron chi connectivity index (χ2n) is 10.4. The summed E-state index contributed by atoms with van der Waals surface area (Å²) in [5.74, 6) is 2.35. The van der Waals surface area contributed by atoms with Crippen LogP contribution in [0.3, 0.4) is 0 Å². The molecule has 2 aromatic rings. The van der Waals surface area contributed by atoms with Gasteiger partial charge in [-0.05, 0) is 112 Å². The Kier molecular flexibility index (Phi) is 6.73. The summed E-state index contributed by atoms with van der Waals surface area (Å²) in [5, 5.41) is 9.65. The number of halogens is 1. The smallest absolute Gasteiger partial charge is 0.265 e. The second kappa shape index (κ2) is 9.78. The van der Waals surface area contributed by atoms with Gasteiger partial charge in [-0.3, -0.25) is 9.59 Å². The van der Waals surface area contributed by atoms with Crippen LogP contribution < -0.4 is 20.7 Å². The number of nitrogens with one attached hydrogen (secondary N) is 3. The third-order valence-corrected chi connectivity index (χ3v) is 8.18. The fourth-order valence-electron chi connectivity index (χ4n) is 6.45. The summed E-state index contributed by atoms with van der Waals surface area (Å²) in [5.41, 5.74) is 1.12. The summed E-state index contributed by atoms with van der Waals surface area (Å²) >= 11 is 11.5. The molecule has 0 aromatic heterocycles. The fraction of sp³-hybridized carbons (Fsp3) is 0.444. The van der Waals surface area contributed by atoms with E-state index >= 15 is 0 Å². The van der Waals surface area contributed by atoms with Crippen LogP contribution in [-0.4, -0.2) is 23.0 Å². The normalized spacial score (nSPS) is 27.1. The van der Waals surface area contributed by atoms with Crippen LogP contribution in [0.1, 0.15) is 45.4 Å². The Morgan fingerprint density at radius 1 is 0.943 bits per heavy atom. The molecular formula is C27H30ClN3O3S. The van der Waals surface area contributed by atoms with Gasteiger partial charge in [0.25, 0.3) is 5.91 Å². The maximum atomic E-state index is 13.2. The zero-order valence-corrected chi connectivity index (χ0v) is 21.3.